The van der Waals surface area contributed by atoms with Crippen molar-refractivity contribution in [3.05, 3.63) is 17.7 Å². The van der Waals surface area contributed by atoms with Crippen LogP contribution in [0.3, 0.4) is 0 Å². The standard InChI is InChI=1S/C18H30N4O2S/c23-25(24)10-5-17(14-25)22-8-6-21(7-9-22)13-16-12-19-18(20-16)11-15-3-1-2-4-15/h12,15,17H,1-11,13-14H2,(H,19,20)/t17-/m0/s1. The lowest BCUT2D eigenvalue weighted by molar-refractivity contribution is 0.0993. The van der Waals surface area contributed by atoms with Crippen LogP contribution in [-0.4, -0.2) is 71.9 Å². The van der Waals surface area contributed by atoms with Gasteiger partial charge in [-0.25, -0.2) is 13.4 Å². The summed E-state index contributed by atoms with van der Waals surface area (Å²) in [5.41, 5.74) is 1.21. The van der Waals surface area contributed by atoms with E-state index in [1.54, 1.807) is 0 Å². The van der Waals surface area contributed by atoms with E-state index in [1.165, 1.54) is 31.4 Å². The Hall–Kier alpha value is -0.920. The second kappa shape index (κ2) is 7.37. The smallest absolute Gasteiger partial charge is 0.151 e. The van der Waals surface area contributed by atoms with Gasteiger partial charge in [0.15, 0.2) is 9.84 Å². The van der Waals surface area contributed by atoms with Gasteiger partial charge in [-0.05, 0) is 12.3 Å². The number of aromatic amines is 1. The molecule has 0 amide bonds. The molecule has 3 aliphatic rings. The number of piperazine rings is 1. The van der Waals surface area contributed by atoms with Crippen LogP contribution < -0.4 is 0 Å². The van der Waals surface area contributed by atoms with E-state index in [2.05, 4.69) is 19.8 Å². The first-order valence-corrected chi connectivity index (χ1v) is 11.6. The number of nitrogens with zero attached hydrogens (tertiary/aromatic N) is 3. The molecular weight excluding hydrogens is 336 g/mol. The quantitative estimate of drug-likeness (QED) is 0.854. The second-order valence-electron chi connectivity index (χ2n) is 8.08. The first kappa shape index (κ1) is 17.5. The van der Waals surface area contributed by atoms with Gasteiger partial charge >= 0.3 is 0 Å². The summed E-state index contributed by atoms with van der Waals surface area (Å²) < 4.78 is 23.3. The lowest BCUT2D eigenvalue weighted by Crippen LogP contribution is -2.50. The molecule has 1 aromatic heterocycles. The Kier molecular flexibility index (Phi) is 5.15. The molecule has 4 rings (SSSR count). The molecule has 1 aliphatic carbocycles. The van der Waals surface area contributed by atoms with Crippen molar-refractivity contribution in [3.8, 4) is 0 Å². The third kappa shape index (κ3) is 4.44. The molecule has 0 radical (unpaired) electrons. The highest BCUT2D eigenvalue weighted by atomic mass is 32.2. The highest BCUT2D eigenvalue weighted by Gasteiger charge is 2.33. The van der Waals surface area contributed by atoms with E-state index in [9.17, 15) is 8.42 Å². The SMILES string of the molecule is O=S1(=O)CC[C@H](N2CCN(Cc3cnc(CC4CCCC4)[nH]3)CC2)C1. The van der Waals surface area contributed by atoms with E-state index in [4.69, 9.17) is 0 Å². The molecule has 25 heavy (non-hydrogen) atoms. The van der Waals surface area contributed by atoms with Crippen LogP contribution >= 0.6 is 0 Å². The summed E-state index contributed by atoms with van der Waals surface area (Å²) in [6, 6.07) is 0.248. The molecule has 2 saturated heterocycles. The summed E-state index contributed by atoms with van der Waals surface area (Å²) in [4.78, 5) is 12.9. The average Bonchev–Trinajstić information content (AvgIpc) is 3.31. The summed E-state index contributed by atoms with van der Waals surface area (Å²) in [6.07, 6.45) is 9.39. The molecule has 3 fully saturated rings. The van der Waals surface area contributed by atoms with E-state index >= 15 is 0 Å². The number of hydrogen-bond donors (Lipinski definition) is 1. The monoisotopic (exact) mass is 366 g/mol. The number of aromatic nitrogens is 2. The van der Waals surface area contributed by atoms with E-state index in [0.29, 0.717) is 11.5 Å². The fourth-order valence-electron chi connectivity index (χ4n) is 4.67. The number of imidazole rings is 1. The van der Waals surface area contributed by atoms with Crippen LogP contribution in [0.1, 0.15) is 43.6 Å². The highest BCUT2D eigenvalue weighted by molar-refractivity contribution is 7.91. The van der Waals surface area contributed by atoms with E-state index in [1.807, 2.05) is 6.20 Å². The summed E-state index contributed by atoms with van der Waals surface area (Å²) in [7, 11) is -2.78. The molecule has 0 spiro atoms. The number of hydrogen-bond acceptors (Lipinski definition) is 5. The van der Waals surface area contributed by atoms with Crippen LogP contribution in [-0.2, 0) is 22.8 Å². The first-order valence-electron chi connectivity index (χ1n) is 9.77. The summed E-state index contributed by atoms with van der Waals surface area (Å²) in [5, 5.41) is 0. The van der Waals surface area contributed by atoms with Gasteiger partial charge in [-0.3, -0.25) is 9.80 Å². The predicted octanol–water partition coefficient (Wildman–Crippen LogP) is 1.45. The summed E-state index contributed by atoms with van der Waals surface area (Å²) in [6.45, 7) is 4.89. The Balaban J connectivity index is 1.24. The van der Waals surface area contributed by atoms with Crippen molar-refractivity contribution in [2.75, 3.05) is 37.7 Å². The van der Waals surface area contributed by atoms with Crippen molar-refractivity contribution in [3.63, 3.8) is 0 Å². The van der Waals surface area contributed by atoms with Crippen LogP contribution in [0.5, 0.6) is 0 Å². The summed E-state index contributed by atoms with van der Waals surface area (Å²) in [5.74, 6) is 2.70. The fourth-order valence-corrected chi connectivity index (χ4v) is 6.43. The van der Waals surface area contributed by atoms with Crippen molar-refractivity contribution in [1.82, 2.24) is 19.8 Å². The lowest BCUT2D eigenvalue weighted by atomic mass is 10.0. The van der Waals surface area contributed by atoms with Crippen molar-refractivity contribution in [2.45, 2.75) is 51.1 Å². The van der Waals surface area contributed by atoms with Crippen LogP contribution in [0.4, 0.5) is 0 Å². The summed E-state index contributed by atoms with van der Waals surface area (Å²) >= 11 is 0. The number of rotatable bonds is 5. The average molecular weight is 367 g/mol. The maximum atomic E-state index is 11.7. The zero-order chi connectivity index (χ0) is 17.3. The molecule has 7 heteroatoms. The fraction of sp³-hybridized carbons (Fsp3) is 0.833. The topological polar surface area (TPSA) is 69.3 Å². The Morgan fingerprint density at radius 3 is 2.56 bits per heavy atom. The molecule has 140 valence electrons. The highest BCUT2D eigenvalue weighted by Crippen LogP contribution is 2.27. The Bertz CT molecular complexity index is 673. The van der Waals surface area contributed by atoms with Gasteiger partial charge < -0.3 is 4.98 Å². The van der Waals surface area contributed by atoms with Crippen LogP contribution in [0.2, 0.25) is 0 Å². The molecule has 2 aliphatic heterocycles. The van der Waals surface area contributed by atoms with Crippen LogP contribution in [0, 0.1) is 5.92 Å². The van der Waals surface area contributed by atoms with Gasteiger partial charge in [-0.2, -0.15) is 0 Å². The minimum atomic E-state index is -2.78. The molecule has 6 nitrogen and oxygen atoms in total. The van der Waals surface area contributed by atoms with Crippen LogP contribution in [0.15, 0.2) is 6.20 Å². The zero-order valence-corrected chi connectivity index (χ0v) is 15.8. The molecule has 3 heterocycles. The van der Waals surface area contributed by atoms with Crippen LogP contribution in [0.25, 0.3) is 0 Å². The molecule has 1 atom stereocenters. The molecule has 0 bridgehead atoms. The third-order valence-corrected chi connectivity index (χ3v) is 7.91. The second-order valence-corrected chi connectivity index (χ2v) is 10.3. The number of sulfone groups is 1. The van der Waals surface area contributed by atoms with Gasteiger partial charge in [0, 0.05) is 57.1 Å². The van der Waals surface area contributed by atoms with E-state index < -0.39 is 9.84 Å². The Morgan fingerprint density at radius 1 is 1.12 bits per heavy atom. The molecule has 1 aromatic rings. The predicted molar refractivity (Wildman–Crippen MR) is 98.2 cm³/mol. The molecule has 1 saturated carbocycles. The maximum Gasteiger partial charge on any atom is 0.151 e. The normalized spacial score (nSPS) is 28.7. The van der Waals surface area contributed by atoms with E-state index in [0.717, 1.165) is 57.3 Å². The molecule has 0 unspecified atom stereocenters. The van der Waals surface area contributed by atoms with Gasteiger partial charge in [0.2, 0.25) is 0 Å². The van der Waals surface area contributed by atoms with E-state index in [-0.39, 0.29) is 6.04 Å². The van der Waals surface area contributed by atoms with Gasteiger partial charge in [-0.1, -0.05) is 25.7 Å². The Labute approximate surface area is 150 Å². The largest absolute Gasteiger partial charge is 0.345 e. The number of nitrogens with one attached hydrogen (secondary N) is 1. The zero-order valence-electron chi connectivity index (χ0n) is 15.0. The lowest BCUT2D eigenvalue weighted by Gasteiger charge is -2.37. The van der Waals surface area contributed by atoms with Crippen molar-refractivity contribution in [2.24, 2.45) is 5.92 Å². The molecule has 1 N–H and O–H groups in total. The minimum Gasteiger partial charge on any atom is -0.345 e. The van der Waals surface area contributed by atoms with Gasteiger partial charge in [0.25, 0.3) is 0 Å². The third-order valence-electron chi connectivity index (χ3n) is 6.16. The van der Waals surface area contributed by atoms with Crippen molar-refractivity contribution in [1.29, 1.82) is 0 Å². The van der Waals surface area contributed by atoms with Gasteiger partial charge in [-0.15, -0.1) is 0 Å². The number of H-pyrrole nitrogens is 1. The van der Waals surface area contributed by atoms with Crippen molar-refractivity contribution < 1.29 is 8.42 Å². The van der Waals surface area contributed by atoms with Crippen molar-refractivity contribution >= 4 is 9.84 Å². The first-order chi connectivity index (χ1) is 12.1. The Morgan fingerprint density at radius 2 is 1.88 bits per heavy atom. The van der Waals surface area contributed by atoms with Gasteiger partial charge in [0.1, 0.15) is 5.82 Å². The van der Waals surface area contributed by atoms with Gasteiger partial charge in [0.05, 0.1) is 11.5 Å². The maximum absolute atomic E-state index is 11.7. The molecule has 0 aromatic carbocycles. The molecular formula is C18H30N4O2S. The minimum absolute atomic E-state index is 0.248.